The minimum absolute atomic E-state index is 0.00661. The van der Waals surface area contributed by atoms with Crippen LogP contribution in [-0.2, 0) is 10.0 Å². The van der Waals surface area contributed by atoms with Crippen molar-refractivity contribution in [2.24, 2.45) is 0 Å². The van der Waals surface area contributed by atoms with Crippen molar-refractivity contribution in [1.29, 1.82) is 0 Å². The molecule has 2 fully saturated rings. The molecule has 2 N–H and O–H groups in total. The molecule has 1 saturated carbocycles. The number of benzene rings is 2. The standard InChI is InChI=1S/C26H31N3O4S/c1-33-21-9-10-25-23(16-21)24(17-27-25)18-11-13-29(14-12-18)26(30)19-5-4-8-22(15-19)34(31,32)28-20-6-2-3-7-20/h4-5,8-10,15-18,20,27-28H,2-3,6-7,11-14H2,1H3. The Morgan fingerprint density at radius 2 is 1.82 bits per heavy atom. The van der Waals surface area contributed by atoms with Crippen LogP contribution in [-0.4, -0.2) is 50.5 Å². The van der Waals surface area contributed by atoms with Crippen molar-refractivity contribution < 1.29 is 17.9 Å². The zero-order chi connectivity index (χ0) is 23.7. The molecule has 1 amide bonds. The number of likely N-dealkylation sites (tertiary alicyclic amines) is 1. The summed E-state index contributed by atoms with van der Waals surface area (Å²) < 4.78 is 33.8. The highest BCUT2D eigenvalue weighted by Crippen LogP contribution is 2.35. The second-order valence-corrected chi connectivity index (χ2v) is 11.1. The SMILES string of the molecule is COc1ccc2[nH]cc(C3CCN(C(=O)c4cccc(S(=O)(=O)NC5CCCC5)c4)CC3)c2c1. The van der Waals surface area contributed by atoms with Crippen LogP contribution in [0.3, 0.4) is 0 Å². The number of hydrogen-bond acceptors (Lipinski definition) is 4. The summed E-state index contributed by atoms with van der Waals surface area (Å²) in [6.07, 6.45) is 7.62. The molecule has 2 aliphatic rings. The van der Waals surface area contributed by atoms with E-state index in [2.05, 4.69) is 22.0 Å². The van der Waals surface area contributed by atoms with Crippen molar-refractivity contribution in [1.82, 2.24) is 14.6 Å². The van der Waals surface area contributed by atoms with Gasteiger partial charge in [-0.1, -0.05) is 18.9 Å². The quantitative estimate of drug-likeness (QED) is 0.545. The molecule has 0 unspecified atom stereocenters. The lowest BCUT2D eigenvalue weighted by molar-refractivity contribution is 0.0713. The highest BCUT2D eigenvalue weighted by molar-refractivity contribution is 7.89. The Morgan fingerprint density at radius 1 is 1.06 bits per heavy atom. The van der Waals surface area contributed by atoms with Gasteiger partial charge in [-0.3, -0.25) is 4.79 Å². The molecule has 2 heterocycles. The Hall–Kier alpha value is -2.84. The lowest BCUT2D eigenvalue weighted by Crippen LogP contribution is -2.38. The Kier molecular flexibility index (Phi) is 6.36. The molecule has 180 valence electrons. The average Bonchev–Trinajstić information content (AvgIpc) is 3.53. The largest absolute Gasteiger partial charge is 0.497 e. The van der Waals surface area contributed by atoms with Crippen LogP contribution >= 0.6 is 0 Å². The number of aromatic amines is 1. The van der Waals surface area contributed by atoms with Crippen molar-refractivity contribution in [3.8, 4) is 5.75 Å². The van der Waals surface area contributed by atoms with E-state index in [1.165, 1.54) is 11.6 Å². The third-order valence-electron chi connectivity index (χ3n) is 7.21. The lowest BCUT2D eigenvalue weighted by atomic mass is 9.89. The van der Waals surface area contributed by atoms with Gasteiger partial charge in [0.05, 0.1) is 12.0 Å². The first-order valence-corrected chi connectivity index (χ1v) is 13.5. The van der Waals surface area contributed by atoms with Gasteiger partial charge in [0.2, 0.25) is 10.0 Å². The smallest absolute Gasteiger partial charge is 0.253 e. The maximum absolute atomic E-state index is 13.2. The number of carbonyl (C=O) groups excluding carboxylic acids is 1. The summed E-state index contributed by atoms with van der Waals surface area (Å²) in [4.78, 5) is 18.5. The Bertz CT molecular complexity index is 1290. The minimum atomic E-state index is -3.63. The summed E-state index contributed by atoms with van der Waals surface area (Å²) >= 11 is 0. The van der Waals surface area contributed by atoms with Gasteiger partial charge in [0.25, 0.3) is 5.91 Å². The molecule has 7 nitrogen and oxygen atoms in total. The molecule has 5 rings (SSSR count). The molecule has 0 radical (unpaired) electrons. The van der Waals surface area contributed by atoms with Gasteiger partial charge in [-0.2, -0.15) is 0 Å². The van der Waals surface area contributed by atoms with Crippen LogP contribution in [0.2, 0.25) is 0 Å². The number of carbonyl (C=O) groups is 1. The molecule has 8 heteroatoms. The number of amides is 1. The van der Waals surface area contributed by atoms with Gasteiger partial charge in [-0.05, 0) is 73.6 Å². The monoisotopic (exact) mass is 481 g/mol. The van der Waals surface area contributed by atoms with Gasteiger partial charge in [0.1, 0.15) is 5.75 Å². The van der Waals surface area contributed by atoms with Crippen molar-refractivity contribution in [2.75, 3.05) is 20.2 Å². The zero-order valence-corrected chi connectivity index (χ0v) is 20.2. The van der Waals surface area contributed by atoms with Gasteiger partial charge in [-0.25, -0.2) is 13.1 Å². The number of sulfonamides is 1. The van der Waals surface area contributed by atoms with Crippen molar-refractivity contribution in [3.05, 3.63) is 59.8 Å². The van der Waals surface area contributed by atoms with Crippen LogP contribution < -0.4 is 9.46 Å². The Labute approximate surface area is 200 Å². The number of nitrogens with zero attached hydrogens (tertiary/aromatic N) is 1. The van der Waals surface area contributed by atoms with E-state index in [0.717, 1.165) is 55.2 Å². The summed E-state index contributed by atoms with van der Waals surface area (Å²) in [5, 5.41) is 1.16. The van der Waals surface area contributed by atoms with E-state index in [0.29, 0.717) is 24.6 Å². The first-order valence-electron chi connectivity index (χ1n) is 12.0. The van der Waals surface area contributed by atoms with Gasteiger partial charge in [0, 0.05) is 41.8 Å². The molecule has 0 spiro atoms. The molecular formula is C26H31N3O4S. The van der Waals surface area contributed by atoms with Crippen LogP contribution in [0, 0.1) is 0 Å². The van der Waals surface area contributed by atoms with Crippen LogP contribution in [0.25, 0.3) is 10.9 Å². The Balaban J connectivity index is 1.27. The van der Waals surface area contributed by atoms with Crippen LogP contribution in [0.15, 0.2) is 53.6 Å². The number of piperidine rings is 1. The van der Waals surface area contributed by atoms with Crippen molar-refractivity contribution in [3.63, 3.8) is 0 Å². The highest BCUT2D eigenvalue weighted by atomic mass is 32.2. The number of H-pyrrole nitrogens is 1. The van der Waals surface area contributed by atoms with Crippen LogP contribution in [0.5, 0.6) is 5.75 Å². The molecule has 34 heavy (non-hydrogen) atoms. The normalized spacial score (nSPS) is 18.0. The molecule has 1 aliphatic heterocycles. The number of methoxy groups -OCH3 is 1. The molecular weight excluding hydrogens is 450 g/mol. The fourth-order valence-electron chi connectivity index (χ4n) is 5.29. The Morgan fingerprint density at radius 3 is 2.56 bits per heavy atom. The second-order valence-electron chi connectivity index (χ2n) is 9.35. The number of rotatable bonds is 6. The molecule has 3 aromatic rings. The van der Waals surface area contributed by atoms with Gasteiger partial charge in [0.15, 0.2) is 0 Å². The maximum atomic E-state index is 13.2. The third kappa shape index (κ3) is 4.57. The van der Waals surface area contributed by atoms with Gasteiger partial charge >= 0.3 is 0 Å². The zero-order valence-electron chi connectivity index (χ0n) is 19.4. The third-order valence-corrected chi connectivity index (χ3v) is 8.73. The average molecular weight is 482 g/mol. The van der Waals surface area contributed by atoms with E-state index in [9.17, 15) is 13.2 Å². The van der Waals surface area contributed by atoms with Crippen LogP contribution in [0.1, 0.15) is 60.4 Å². The summed E-state index contributed by atoms with van der Waals surface area (Å²) in [5.41, 5.74) is 2.76. The maximum Gasteiger partial charge on any atom is 0.253 e. The van der Waals surface area contributed by atoms with Crippen molar-refractivity contribution >= 4 is 26.8 Å². The topological polar surface area (TPSA) is 91.5 Å². The minimum Gasteiger partial charge on any atom is -0.497 e. The number of ether oxygens (including phenoxy) is 1. The summed E-state index contributed by atoms with van der Waals surface area (Å²) in [7, 11) is -1.96. The lowest BCUT2D eigenvalue weighted by Gasteiger charge is -2.32. The first-order chi connectivity index (χ1) is 16.4. The van der Waals surface area contributed by atoms with E-state index in [4.69, 9.17) is 4.74 Å². The summed E-state index contributed by atoms with van der Waals surface area (Å²) in [6, 6.07) is 12.5. The summed E-state index contributed by atoms with van der Waals surface area (Å²) in [5.74, 6) is 1.07. The van der Waals surface area contributed by atoms with E-state index in [1.54, 1.807) is 25.3 Å². The molecule has 0 atom stereocenters. The second kappa shape index (κ2) is 9.43. The van der Waals surface area contributed by atoms with E-state index in [1.807, 2.05) is 17.0 Å². The number of hydrogen-bond donors (Lipinski definition) is 2. The van der Waals surface area contributed by atoms with E-state index >= 15 is 0 Å². The molecule has 1 aliphatic carbocycles. The highest BCUT2D eigenvalue weighted by Gasteiger charge is 2.28. The van der Waals surface area contributed by atoms with Crippen molar-refractivity contribution in [2.45, 2.75) is 55.4 Å². The number of fused-ring (bicyclic) bond motifs is 1. The molecule has 0 bridgehead atoms. The molecule has 1 saturated heterocycles. The first kappa shape index (κ1) is 22.9. The fourth-order valence-corrected chi connectivity index (χ4v) is 6.64. The molecule has 1 aromatic heterocycles. The predicted octanol–water partition coefficient (Wildman–Crippen LogP) is 4.42. The molecule has 2 aromatic carbocycles. The summed E-state index contributed by atoms with van der Waals surface area (Å²) in [6.45, 7) is 1.27. The van der Waals surface area contributed by atoms with Gasteiger partial charge in [-0.15, -0.1) is 0 Å². The van der Waals surface area contributed by atoms with E-state index in [-0.39, 0.29) is 16.8 Å². The van der Waals surface area contributed by atoms with E-state index < -0.39 is 10.0 Å². The predicted molar refractivity (Wildman–Crippen MR) is 132 cm³/mol. The fraction of sp³-hybridized carbons (Fsp3) is 0.423. The van der Waals surface area contributed by atoms with Gasteiger partial charge < -0.3 is 14.6 Å². The number of aromatic nitrogens is 1. The number of nitrogens with one attached hydrogen (secondary N) is 2. The van der Waals surface area contributed by atoms with Crippen LogP contribution in [0.4, 0.5) is 0 Å².